The van der Waals surface area contributed by atoms with Crippen LogP contribution >= 0.6 is 0 Å². The summed E-state index contributed by atoms with van der Waals surface area (Å²) in [7, 11) is 0. The molecule has 0 aliphatic heterocycles. The average molecular weight is 153 g/mol. The smallest absolute Gasteiger partial charge is 0.192 e. The summed E-state index contributed by atoms with van der Waals surface area (Å²) in [5, 5.41) is 9.16. The van der Waals surface area contributed by atoms with Gasteiger partial charge in [-0.1, -0.05) is 6.07 Å². The van der Waals surface area contributed by atoms with Crippen LogP contribution in [0.25, 0.3) is 0 Å². The van der Waals surface area contributed by atoms with Crippen LogP contribution < -0.4 is 0 Å². The third-order valence-corrected chi connectivity index (χ3v) is 1.61. The Balaban J connectivity index is 3.25. The quantitative estimate of drug-likeness (QED) is 0.554. The van der Waals surface area contributed by atoms with E-state index >= 15 is 0 Å². The summed E-state index contributed by atoms with van der Waals surface area (Å²) in [5.41, 5.74) is 1.67. The van der Waals surface area contributed by atoms with E-state index in [2.05, 4.69) is 0 Å². The molecule has 0 unspecified atom stereocenters. The predicted octanol–water partition coefficient (Wildman–Crippen LogP) is 1.56. The van der Waals surface area contributed by atoms with E-state index in [4.69, 9.17) is 16.9 Å². The Morgan fingerprint density at radius 2 is 2.20 bits per heavy atom. The van der Waals surface area contributed by atoms with Crippen molar-refractivity contribution in [3.8, 4) is 6.07 Å². The molecule has 1 aromatic carbocycles. The van der Waals surface area contributed by atoms with Crippen LogP contribution in [-0.2, 0) is 0 Å². The molecule has 2 heteroatoms. The maximum absolute atomic E-state index is 8.53. The van der Waals surface area contributed by atoms with E-state index in [0.29, 0.717) is 10.6 Å². The van der Waals surface area contributed by atoms with E-state index in [0.717, 1.165) is 5.56 Å². The molecular weight excluding hydrogens is 146 g/mol. The molecule has 0 aliphatic carbocycles. The van der Waals surface area contributed by atoms with Gasteiger partial charge in [-0.3, -0.25) is 0 Å². The summed E-state index contributed by atoms with van der Waals surface area (Å²) in [5.74, 6) is 0. The minimum Gasteiger partial charge on any atom is -0.192 e. The largest absolute Gasteiger partial charge is 0.243 e. The third kappa shape index (κ3) is 1.29. The normalized spacial score (nSPS) is 8.90. The molecule has 0 fully saturated rings. The zero-order valence-corrected chi connectivity index (χ0v) is 6.40. The van der Waals surface area contributed by atoms with Crippen molar-refractivity contribution in [3.63, 3.8) is 0 Å². The summed E-state index contributed by atoms with van der Waals surface area (Å²) >= 11 is 4.89. The lowest BCUT2D eigenvalue weighted by atomic mass is 10.2. The lowest BCUT2D eigenvalue weighted by molar-refractivity contribution is -0.289. The van der Waals surface area contributed by atoms with Crippen LogP contribution in [0.1, 0.15) is 11.1 Å². The van der Waals surface area contributed by atoms with E-state index in [1.54, 1.807) is 12.1 Å². The Bertz CT molecular complexity index is 286. The molecule has 0 aliphatic rings. The molecule has 0 radical (unpaired) electrons. The number of benzene rings is 1. The van der Waals surface area contributed by atoms with Crippen molar-refractivity contribution in [2.45, 2.75) is 6.92 Å². The Morgan fingerprint density at radius 3 is 2.70 bits per heavy atom. The average Bonchev–Trinajstić information content (AvgIpc) is 1.94. The SMILES string of the molecule is Cc1ccc([ClH+])c(C#N)c1. The van der Waals surface area contributed by atoms with Crippen molar-refractivity contribution in [1.82, 2.24) is 0 Å². The number of halogens is 1. The van der Waals surface area contributed by atoms with Gasteiger partial charge in [0, 0.05) is 6.07 Å². The van der Waals surface area contributed by atoms with Crippen molar-refractivity contribution in [3.05, 3.63) is 34.3 Å². The van der Waals surface area contributed by atoms with Gasteiger partial charge in [-0.15, -0.1) is 0 Å². The first-order chi connectivity index (χ1) is 4.74. The van der Waals surface area contributed by atoms with E-state index in [9.17, 15) is 0 Å². The first-order valence-corrected chi connectivity index (χ1v) is 3.32. The highest BCUT2D eigenvalue weighted by atomic mass is 35.5. The molecule has 1 rings (SSSR count). The monoisotopic (exact) mass is 152 g/mol. The standard InChI is InChI=1S/C8H7ClN/c1-6-2-3-8(9)7(4-6)5-10/h2-4,9H,1H3/q+1. The summed E-state index contributed by atoms with van der Waals surface area (Å²) < 4.78 is 0. The fourth-order valence-electron chi connectivity index (χ4n) is 0.731. The predicted molar refractivity (Wildman–Crippen MR) is 36.4 cm³/mol. The van der Waals surface area contributed by atoms with Gasteiger partial charge in [0.1, 0.15) is 11.6 Å². The van der Waals surface area contributed by atoms with E-state index in [1.165, 1.54) is 0 Å². The number of aryl methyl sites for hydroxylation is 1. The fourth-order valence-corrected chi connectivity index (χ4v) is 0.904. The molecule has 0 aromatic heterocycles. The number of rotatable bonds is 0. The Labute approximate surface area is 64.9 Å². The molecule has 0 amide bonds. The van der Waals surface area contributed by atoms with Crippen molar-refractivity contribution in [2.24, 2.45) is 0 Å². The van der Waals surface area contributed by atoms with E-state index in [-0.39, 0.29) is 0 Å². The van der Waals surface area contributed by atoms with Gasteiger partial charge in [0.15, 0.2) is 11.6 Å². The van der Waals surface area contributed by atoms with Gasteiger partial charge in [0.05, 0.1) is 0 Å². The molecule has 0 bridgehead atoms. The van der Waals surface area contributed by atoms with E-state index < -0.39 is 0 Å². The number of hydrogen-bond donors (Lipinski definition) is 0. The van der Waals surface area contributed by atoms with Gasteiger partial charge >= 0.3 is 0 Å². The highest BCUT2D eigenvalue weighted by Gasteiger charge is 2.03. The van der Waals surface area contributed by atoms with Crippen molar-refractivity contribution in [1.29, 1.82) is 5.26 Å². The van der Waals surface area contributed by atoms with Crippen LogP contribution in [0.2, 0.25) is 5.02 Å². The van der Waals surface area contributed by atoms with Gasteiger partial charge in [0.2, 0.25) is 5.02 Å². The fraction of sp³-hybridized carbons (Fsp3) is 0.125. The zero-order chi connectivity index (χ0) is 7.56. The first-order valence-electron chi connectivity index (χ1n) is 2.92. The number of nitrogens with zero attached hydrogens (tertiary/aromatic N) is 1. The molecule has 0 heterocycles. The number of nitriles is 1. The van der Waals surface area contributed by atoms with Crippen molar-refractivity contribution < 1.29 is 11.6 Å². The lowest BCUT2D eigenvalue weighted by Gasteiger charge is -1.89. The van der Waals surface area contributed by atoms with Crippen LogP contribution in [0.15, 0.2) is 18.2 Å². The molecule has 0 saturated carbocycles. The van der Waals surface area contributed by atoms with Crippen LogP contribution in [0.3, 0.4) is 0 Å². The lowest BCUT2D eigenvalue weighted by Crippen LogP contribution is -1.80. The highest BCUT2D eigenvalue weighted by Crippen LogP contribution is 2.09. The molecule has 0 saturated heterocycles. The Kier molecular flexibility index (Phi) is 1.94. The van der Waals surface area contributed by atoms with Crippen LogP contribution in [-0.4, -0.2) is 0 Å². The maximum atomic E-state index is 8.53. The second-order valence-corrected chi connectivity index (χ2v) is 2.55. The minimum absolute atomic E-state index is 0.593. The molecule has 0 spiro atoms. The van der Waals surface area contributed by atoms with Gasteiger partial charge in [0.25, 0.3) is 0 Å². The highest BCUT2D eigenvalue weighted by molar-refractivity contribution is 5.37. The van der Waals surface area contributed by atoms with Crippen molar-refractivity contribution in [2.75, 3.05) is 0 Å². The molecular formula is C8H7ClN+. The van der Waals surface area contributed by atoms with E-state index in [1.807, 2.05) is 19.1 Å². The zero-order valence-electron chi connectivity index (χ0n) is 5.59. The molecule has 0 atom stereocenters. The van der Waals surface area contributed by atoms with Gasteiger partial charge in [-0.25, -0.2) is 0 Å². The topological polar surface area (TPSA) is 23.8 Å². The summed E-state index contributed by atoms with van der Waals surface area (Å²) in [4.78, 5) is 0. The summed E-state index contributed by atoms with van der Waals surface area (Å²) in [6.45, 7) is 1.94. The molecule has 10 heavy (non-hydrogen) atoms. The maximum Gasteiger partial charge on any atom is 0.243 e. The first kappa shape index (κ1) is 7.11. The van der Waals surface area contributed by atoms with Gasteiger partial charge < -0.3 is 0 Å². The van der Waals surface area contributed by atoms with Crippen LogP contribution in [0.4, 0.5) is 0 Å². The van der Waals surface area contributed by atoms with Gasteiger partial charge in [-0.05, 0) is 18.6 Å². The van der Waals surface area contributed by atoms with Crippen LogP contribution in [0.5, 0.6) is 0 Å². The Morgan fingerprint density at radius 1 is 1.50 bits per heavy atom. The summed E-state index contributed by atoms with van der Waals surface area (Å²) in [6.07, 6.45) is 0. The second kappa shape index (κ2) is 2.72. The number of hydrogen-bond acceptors (Lipinski definition) is 1. The molecule has 50 valence electrons. The minimum atomic E-state index is 0.593. The van der Waals surface area contributed by atoms with Gasteiger partial charge in [-0.2, -0.15) is 5.26 Å². The Hall–Kier alpha value is -1.00. The third-order valence-electron chi connectivity index (χ3n) is 1.26. The molecule has 0 N–H and O–H groups in total. The molecule has 1 aromatic rings. The van der Waals surface area contributed by atoms with Crippen molar-refractivity contribution >= 4 is 0 Å². The summed E-state index contributed by atoms with van der Waals surface area (Å²) in [6, 6.07) is 7.51. The second-order valence-electron chi connectivity index (χ2n) is 2.11. The molecule has 1 nitrogen and oxygen atoms in total. The van der Waals surface area contributed by atoms with Crippen LogP contribution in [0, 0.1) is 29.9 Å².